The summed E-state index contributed by atoms with van der Waals surface area (Å²) in [4.78, 5) is 7.70. The molecule has 3 nitrogen and oxygen atoms in total. The third-order valence-corrected chi connectivity index (χ3v) is 3.50. The Bertz CT molecular complexity index is 754. The van der Waals surface area contributed by atoms with Crippen LogP contribution in [0.2, 0.25) is 5.02 Å². The third-order valence-electron chi connectivity index (χ3n) is 3.26. The fourth-order valence-electron chi connectivity index (χ4n) is 2.25. The van der Waals surface area contributed by atoms with Crippen molar-refractivity contribution in [2.24, 2.45) is 0 Å². The molecule has 0 aliphatic carbocycles. The molecule has 1 heterocycles. The minimum Gasteiger partial charge on any atom is -0.341 e. The van der Waals surface area contributed by atoms with E-state index in [4.69, 9.17) is 11.6 Å². The van der Waals surface area contributed by atoms with Gasteiger partial charge in [0.25, 0.3) is 0 Å². The van der Waals surface area contributed by atoms with Crippen molar-refractivity contribution in [3.8, 4) is 0 Å². The Kier molecular flexibility index (Phi) is 4.18. The van der Waals surface area contributed by atoms with Gasteiger partial charge in [0.1, 0.15) is 11.6 Å². The maximum absolute atomic E-state index is 13.0. The highest BCUT2D eigenvalue weighted by Gasteiger charge is 2.03. The van der Waals surface area contributed by atoms with Gasteiger partial charge in [-0.05, 0) is 48.9 Å². The van der Waals surface area contributed by atoms with E-state index in [1.54, 1.807) is 12.1 Å². The highest BCUT2D eigenvalue weighted by atomic mass is 35.5. The maximum Gasteiger partial charge on any atom is 0.123 e. The van der Waals surface area contributed by atoms with Gasteiger partial charge >= 0.3 is 0 Å². The van der Waals surface area contributed by atoms with E-state index in [9.17, 15) is 4.39 Å². The molecule has 0 radical (unpaired) electrons. The van der Waals surface area contributed by atoms with Crippen molar-refractivity contribution in [1.29, 1.82) is 0 Å². The molecule has 0 saturated heterocycles. The molecule has 0 unspecified atom stereocenters. The van der Waals surface area contributed by atoms with E-state index in [1.165, 1.54) is 6.07 Å². The highest BCUT2D eigenvalue weighted by Crippen LogP contribution is 2.17. The molecule has 2 N–H and O–H groups in total. The Hall–Kier alpha value is -1.91. The molecule has 5 heteroatoms. The standard InChI is InChI=1S/C16H15ClFN3/c17-12-4-5-14-15(9-12)21-16(20-14)10-19-7-6-11-2-1-3-13(18)8-11/h1-5,8-9,19H,6-7,10H2,(H,20,21). The van der Waals surface area contributed by atoms with Crippen LogP contribution < -0.4 is 5.32 Å². The van der Waals surface area contributed by atoms with Crippen LogP contribution in [-0.4, -0.2) is 16.5 Å². The fourth-order valence-corrected chi connectivity index (χ4v) is 2.42. The number of fused-ring (bicyclic) bond motifs is 1. The first-order valence-corrected chi connectivity index (χ1v) is 7.18. The molecule has 0 spiro atoms. The lowest BCUT2D eigenvalue weighted by Gasteiger charge is -2.03. The largest absolute Gasteiger partial charge is 0.341 e. The number of hydrogen-bond donors (Lipinski definition) is 2. The molecule has 0 bridgehead atoms. The zero-order valence-electron chi connectivity index (χ0n) is 11.4. The van der Waals surface area contributed by atoms with E-state index in [2.05, 4.69) is 15.3 Å². The van der Waals surface area contributed by atoms with Crippen molar-refractivity contribution in [2.75, 3.05) is 6.54 Å². The molecule has 0 amide bonds. The molecule has 0 atom stereocenters. The molecule has 2 aromatic carbocycles. The molecular formula is C16H15ClFN3. The van der Waals surface area contributed by atoms with Gasteiger partial charge in [-0.25, -0.2) is 9.37 Å². The summed E-state index contributed by atoms with van der Waals surface area (Å²) in [6.07, 6.45) is 0.782. The van der Waals surface area contributed by atoms with Gasteiger partial charge in [-0.2, -0.15) is 0 Å². The summed E-state index contributed by atoms with van der Waals surface area (Å²) in [5.74, 6) is 0.674. The van der Waals surface area contributed by atoms with Crippen molar-refractivity contribution in [3.05, 3.63) is 64.7 Å². The van der Waals surface area contributed by atoms with Crippen LogP contribution in [0.5, 0.6) is 0 Å². The van der Waals surface area contributed by atoms with E-state index >= 15 is 0 Å². The van der Waals surface area contributed by atoms with Gasteiger partial charge in [-0.1, -0.05) is 23.7 Å². The lowest BCUT2D eigenvalue weighted by atomic mass is 10.1. The molecule has 3 aromatic rings. The Labute approximate surface area is 127 Å². The van der Waals surface area contributed by atoms with Gasteiger partial charge < -0.3 is 10.3 Å². The molecule has 0 aliphatic heterocycles. The van der Waals surface area contributed by atoms with E-state index in [0.717, 1.165) is 35.4 Å². The normalized spacial score (nSPS) is 11.1. The van der Waals surface area contributed by atoms with Gasteiger partial charge in [0, 0.05) is 5.02 Å². The third kappa shape index (κ3) is 3.60. The van der Waals surface area contributed by atoms with Crippen LogP contribution in [0.25, 0.3) is 11.0 Å². The number of halogens is 2. The predicted octanol–water partition coefficient (Wildman–Crippen LogP) is 3.69. The first-order valence-electron chi connectivity index (χ1n) is 6.80. The first-order chi connectivity index (χ1) is 10.2. The summed E-state index contributed by atoms with van der Waals surface area (Å²) >= 11 is 5.94. The number of rotatable bonds is 5. The zero-order valence-corrected chi connectivity index (χ0v) is 12.1. The van der Waals surface area contributed by atoms with Crippen molar-refractivity contribution in [1.82, 2.24) is 15.3 Å². The average molecular weight is 304 g/mol. The van der Waals surface area contributed by atoms with Gasteiger partial charge in [0.15, 0.2) is 0 Å². The second kappa shape index (κ2) is 6.24. The number of H-pyrrole nitrogens is 1. The Balaban J connectivity index is 1.54. The number of nitrogens with zero attached hydrogens (tertiary/aromatic N) is 1. The first kappa shape index (κ1) is 14.0. The summed E-state index contributed by atoms with van der Waals surface area (Å²) in [7, 11) is 0. The Morgan fingerprint density at radius 3 is 2.95 bits per heavy atom. The average Bonchev–Trinajstić information content (AvgIpc) is 2.85. The van der Waals surface area contributed by atoms with Gasteiger partial charge in [0.05, 0.1) is 17.6 Å². The Morgan fingerprint density at radius 1 is 1.19 bits per heavy atom. The molecule has 21 heavy (non-hydrogen) atoms. The minimum atomic E-state index is -0.193. The lowest BCUT2D eigenvalue weighted by molar-refractivity contribution is 0.621. The summed E-state index contributed by atoms with van der Waals surface area (Å²) in [5.41, 5.74) is 2.82. The molecule has 0 saturated carbocycles. The summed E-state index contributed by atoms with van der Waals surface area (Å²) < 4.78 is 13.0. The van der Waals surface area contributed by atoms with E-state index < -0.39 is 0 Å². The highest BCUT2D eigenvalue weighted by molar-refractivity contribution is 6.31. The van der Waals surface area contributed by atoms with Gasteiger partial charge in [0.2, 0.25) is 0 Å². The predicted molar refractivity (Wildman–Crippen MR) is 82.9 cm³/mol. The van der Waals surface area contributed by atoms with Crippen LogP contribution in [-0.2, 0) is 13.0 Å². The molecule has 108 valence electrons. The van der Waals surface area contributed by atoms with E-state index in [0.29, 0.717) is 11.6 Å². The quantitative estimate of drug-likeness (QED) is 0.706. The van der Waals surface area contributed by atoms with Crippen molar-refractivity contribution in [2.45, 2.75) is 13.0 Å². The smallest absolute Gasteiger partial charge is 0.123 e. The van der Waals surface area contributed by atoms with E-state index in [1.807, 2.05) is 24.3 Å². The van der Waals surface area contributed by atoms with Crippen molar-refractivity contribution >= 4 is 22.6 Å². The molecule has 3 rings (SSSR count). The monoisotopic (exact) mass is 303 g/mol. The van der Waals surface area contributed by atoms with Crippen LogP contribution in [0.3, 0.4) is 0 Å². The van der Waals surface area contributed by atoms with Crippen molar-refractivity contribution in [3.63, 3.8) is 0 Å². The van der Waals surface area contributed by atoms with Crippen LogP contribution >= 0.6 is 11.6 Å². The van der Waals surface area contributed by atoms with Crippen LogP contribution in [0.15, 0.2) is 42.5 Å². The maximum atomic E-state index is 13.0. The number of aromatic nitrogens is 2. The summed E-state index contributed by atoms with van der Waals surface area (Å²) in [5, 5.41) is 3.99. The number of benzene rings is 2. The van der Waals surface area contributed by atoms with Crippen LogP contribution in [0, 0.1) is 5.82 Å². The molecular weight excluding hydrogens is 289 g/mol. The number of nitrogens with one attached hydrogen (secondary N) is 2. The summed E-state index contributed by atoms with van der Waals surface area (Å²) in [6.45, 7) is 1.41. The number of aromatic amines is 1. The van der Waals surface area contributed by atoms with Crippen LogP contribution in [0.1, 0.15) is 11.4 Å². The fraction of sp³-hybridized carbons (Fsp3) is 0.188. The van der Waals surface area contributed by atoms with Gasteiger partial charge in [-0.15, -0.1) is 0 Å². The van der Waals surface area contributed by atoms with Crippen LogP contribution in [0.4, 0.5) is 4.39 Å². The number of hydrogen-bond acceptors (Lipinski definition) is 2. The lowest BCUT2D eigenvalue weighted by Crippen LogP contribution is -2.17. The minimum absolute atomic E-state index is 0.193. The van der Waals surface area contributed by atoms with E-state index in [-0.39, 0.29) is 5.82 Å². The Morgan fingerprint density at radius 2 is 2.10 bits per heavy atom. The second-order valence-electron chi connectivity index (χ2n) is 4.90. The zero-order chi connectivity index (χ0) is 14.7. The SMILES string of the molecule is Fc1cccc(CCNCc2nc3ccc(Cl)cc3[nH]2)c1. The molecule has 1 aromatic heterocycles. The van der Waals surface area contributed by atoms with Crippen molar-refractivity contribution < 1.29 is 4.39 Å². The number of imidazole rings is 1. The summed E-state index contributed by atoms with van der Waals surface area (Å²) in [6, 6.07) is 12.2. The van der Waals surface area contributed by atoms with Gasteiger partial charge in [-0.3, -0.25) is 0 Å². The second-order valence-corrected chi connectivity index (χ2v) is 5.34. The topological polar surface area (TPSA) is 40.7 Å². The molecule has 0 fully saturated rings. The molecule has 0 aliphatic rings.